The fourth-order valence-electron chi connectivity index (χ4n) is 2.56. The predicted octanol–water partition coefficient (Wildman–Crippen LogP) is 0.431. The van der Waals surface area contributed by atoms with Gasteiger partial charge < -0.3 is 19.8 Å². The minimum atomic E-state index is -1.11. The van der Waals surface area contributed by atoms with Gasteiger partial charge in [-0.2, -0.15) is 0 Å². The van der Waals surface area contributed by atoms with Crippen LogP contribution in [0.15, 0.2) is 24.3 Å². The Balaban J connectivity index is 1.83. The third kappa shape index (κ3) is 4.67. The van der Waals surface area contributed by atoms with Crippen LogP contribution in [-0.4, -0.2) is 72.5 Å². The second kappa shape index (κ2) is 7.94. The zero-order chi connectivity index (χ0) is 16.8. The summed E-state index contributed by atoms with van der Waals surface area (Å²) in [6.07, 6.45) is -1.11. The number of carbonyl (C=O) groups excluding carboxylic acids is 1. The van der Waals surface area contributed by atoms with Gasteiger partial charge in [0, 0.05) is 38.4 Å². The van der Waals surface area contributed by atoms with Crippen LogP contribution in [0.1, 0.15) is 17.3 Å². The van der Waals surface area contributed by atoms with Crippen molar-refractivity contribution in [3.63, 3.8) is 0 Å². The van der Waals surface area contributed by atoms with E-state index in [9.17, 15) is 14.7 Å². The normalized spacial score (nSPS) is 16.9. The zero-order valence-corrected chi connectivity index (χ0v) is 13.1. The van der Waals surface area contributed by atoms with E-state index < -0.39 is 18.0 Å². The molecule has 1 aromatic carbocycles. The van der Waals surface area contributed by atoms with Crippen LogP contribution in [0, 0.1) is 0 Å². The van der Waals surface area contributed by atoms with Gasteiger partial charge in [0.25, 0.3) is 0 Å². The van der Waals surface area contributed by atoms with Crippen LogP contribution in [-0.2, 0) is 9.53 Å². The average Bonchev–Trinajstić information content (AvgIpc) is 2.56. The molecule has 1 aliphatic heterocycles. The highest BCUT2D eigenvalue weighted by molar-refractivity contribution is 5.88. The van der Waals surface area contributed by atoms with Crippen LogP contribution in [0.4, 0.5) is 5.69 Å². The average molecular weight is 322 g/mol. The first-order valence-corrected chi connectivity index (χ1v) is 7.66. The quantitative estimate of drug-likeness (QED) is 0.734. The lowest BCUT2D eigenvalue weighted by Gasteiger charge is -2.36. The molecule has 1 atom stereocenters. The molecule has 0 saturated carbocycles. The van der Waals surface area contributed by atoms with E-state index in [0.29, 0.717) is 0 Å². The first-order valence-electron chi connectivity index (χ1n) is 7.66. The summed E-state index contributed by atoms with van der Waals surface area (Å²) in [7, 11) is 0. The molecule has 126 valence electrons. The maximum Gasteiger partial charge on any atom is 0.336 e. The molecule has 23 heavy (non-hydrogen) atoms. The largest absolute Gasteiger partial charge is 0.478 e. The third-order valence-corrected chi connectivity index (χ3v) is 3.84. The molecule has 1 saturated heterocycles. The topological polar surface area (TPSA) is 90.3 Å². The van der Waals surface area contributed by atoms with Crippen molar-refractivity contribution in [1.82, 2.24) is 4.90 Å². The Hall–Kier alpha value is -2.12. The number of carboxylic acid groups (broad SMARTS) is 1. The summed E-state index contributed by atoms with van der Waals surface area (Å²) in [6.45, 7) is 5.18. The van der Waals surface area contributed by atoms with E-state index in [2.05, 4.69) is 4.90 Å². The summed E-state index contributed by atoms with van der Waals surface area (Å²) in [5.41, 5.74) is 1.24. The fourth-order valence-corrected chi connectivity index (χ4v) is 2.56. The van der Waals surface area contributed by atoms with Crippen molar-refractivity contribution in [3.05, 3.63) is 29.8 Å². The number of piperazine rings is 1. The Labute approximate surface area is 135 Å². The molecule has 1 aliphatic rings. The third-order valence-electron chi connectivity index (χ3n) is 3.84. The number of β-amino-alcohol motifs (C(OH)–C–C–N with tert-alkyl or cyclic N) is 1. The molecule has 2 N–H and O–H groups in total. The van der Waals surface area contributed by atoms with Crippen LogP contribution in [0.5, 0.6) is 0 Å². The second-order valence-corrected chi connectivity index (χ2v) is 5.41. The number of nitrogens with zero attached hydrogens (tertiary/aromatic N) is 2. The van der Waals surface area contributed by atoms with Gasteiger partial charge in [0.15, 0.2) is 6.10 Å². The first kappa shape index (κ1) is 17.2. The van der Waals surface area contributed by atoms with Gasteiger partial charge in [-0.3, -0.25) is 4.90 Å². The molecule has 0 spiro atoms. The number of ether oxygens (including phenoxy) is 1. The van der Waals surface area contributed by atoms with Crippen molar-refractivity contribution in [2.75, 3.05) is 44.2 Å². The minimum Gasteiger partial charge on any atom is -0.478 e. The molecule has 0 aromatic heterocycles. The molecule has 0 aliphatic carbocycles. The first-order chi connectivity index (χ1) is 11.0. The van der Waals surface area contributed by atoms with Gasteiger partial charge in [-0.15, -0.1) is 0 Å². The van der Waals surface area contributed by atoms with Gasteiger partial charge in [0.1, 0.15) is 0 Å². The molecule has 0 radical (unpaired) electrons. The number of hydrogen-bond donors (Lipinski definition) is 2. The molecule has 2 rings (SSSR count). The van der Waals surface area contributed by atoms with Crippen molar-refractivity contribution in [2.24, 2.45) is 0 Å². The highest BCUT2D eigenvalue weighted by atomic mass is 16.5. The van der Waals surface area contributed by atoms with Gasteiger partial charge in [-0.05, 0) is 31.2 Å². The number of benzene rings is 1. The van der Waals surface area contributed by atoms with E-state index in [-0.39, 0.29) is 18.7 Å². The van der Waals surface area contributed by atoms with Crippen LogP contribution in [0.2, 0.25) is 0 Å². The molecule has 7 heteroatoms. The molecular formula is C16H22N2O5. The Bertz CT molecular complexity index is 538. The lowest BCUT2D eigenvalue weighted by atomic mass is 10.2. The molecule has 1 heterocycles. The summed E-state index contributed by atoms with van der Waals surface area (Å²) in [4.78, 5) is 26.5. The summed E-state index contributed by atoms with van der Waals surface area (Å²) < 4.78 is 4.79. The van der Waals surface area contributed by atoms with Crippen LogP contribution < -0.4 is 4.90 Å². The van der Waals surface area contributed by atoms with E-state index in [1.165, 1.54) is 0 Å². The van der Waals surface area contributed by atoms with Crippen LogP contribution >= 0.6 is 0 Å². The van der Waals surface area contributed by atoms with Gasteiger partial charge in [0.05, 0.1) is 12.2 Å². The van der Waals surface area contributed by atoms with Gasteiger partial charge in [-0.25, -0.2) is 9.59 Å². The smallest absolute Gasteiger partial charge is 0.336 e. The Morgan fingerprint density at radius 1 is 1.17 bits per heavy atom. The van der Waals surface area contributed by atoms with Gasteiger partial charge >= 0.3 is 11.9 Å². The minimum absolute atomic E-state index is 0.260. The maximum atomic E-state index is 11.4. The maximum absolute atomic E-state index is 11.4. The SMILES string of the molecule is CCOC(=O)C(O)CN1CCN(c2ccc(C(=O)O)cc2)CC1. The number of esters is 1. The van der Waals surface area contributed by atoms with Crippen molar-refractivity contribution in [3.8, 4) is 0 Å². The second-order valence-electron chi connectivity index (χ2n) is 5.41. The van der Waals surface area contributed by atoms with Crippen molar-refractivity contribution in [2.45, 2.75) is 13.0 Å². The van der Waals surface area contributed by atoms with Crippen LogP contribution in [0.3, 0.4) is 0 Å². The van der Waals surface area contributed by atoms with E-state index in [1.54, 1.807) is 31.2 Å². The molecule has 1 aromatic rings. The monoisotopic (exact) mass is 322 g/mol. The Morgan fingerprint density at radius 3 is 2.30 bits per heavy atom. The number of carboxylic acids is 1. The number of aliphatic hydroxyl groups excluding tert-OH is 1. The lowest BCUT2D eigenvalue weighted by molar-refractivity contribution is -0.154. The standard InChI is InChI=1S/C16H22N2O5/c1-2-23-16(22)14(19)11-17-7-9-18(10-8-17)13-5-3-12(4-6-13)15(20)21/h3-6,14,19H,2,7-11H2,1H3,(H,20,21). The summed E-state index contributed by atoms with van der Waals surface area (Å²) in [5.74, 6) is -1.52. The van der Waals surface area contributed by atoms with E-state index in [0.717, 1.165) is 31.9 Å². The zero-order valence-electron chi connectivity index (χ0n) is 13.1. The number of carbonyl (C=O) groups is 2. The van der Waals surface area contributed by atoms with Gasteiger partial charge in [0.2, 0.25) is 0 Å². The highest BCUT2D eigenvalue weighted by Gasteiger charge is 2.23. The number of aromatic carboxylic acids is 1. The van der Waals surface area contributed by atoms with Gasteiger partial charge in [-0.1, -0.05) is 0 Å². The fraction of sp³-hybridized carbons (Fsp3) is 0.500. The van der Waals surface area contributed by atoms with E-state index in [4.69, 9.17) is 9.84 Å². The summed E-state index contributed by atoms with van der Waals surface area (Å²) in [6, 6.07) is 6.78. The number of anilines is 1. The predicted molar refractivity (Wildman–Crippen MR) is 84.7 cm³/mol. The van der Waals surface area contributed by atoms with Crippen LogP contribution in [0.25, 0.3) is 0 Å². The van der Waals surface area contributed by atoms with Crippen molar-refractivity contribution >= 4 is 17.6 Å². The summed E-state index contributed by atoms with van der Waals surface area (Å²) in [5, 5.41) is 18.7. The van der Waals surface area contributed by atoms with E-state index >= 15 is 0 Å². The molecule has 0 bridgehead atoms. The molecular weight excluding hydrogens is 300 g/mol. The summed E-state index contributed by atoms with van der Waals surface area (Å²) >= 11 is 0. The van der Waals surface area contributed by atoms with Crippen molar-refractivity contribution in [1.29, 1.82) is 0 Å². The number of hydrogen-bond acceptors (Lipinski definition) is 6. The number of rotatable bonds is 6. The molecule has 7 nitrogen and oxygen atoms in total. The highest BCUT2D eigenvalue weighted by Crippen LogP contribution is 2.17. The Kier molecular flexibility index (Phi) is 5.95. The molecule has 0 amide bonds. The Morgan fingerprint density at radius 2 is 1.78 bits per heavy atom. The molecule has 1 unspecified atom stereocenters. The molecule has 1 fully saturated rings. The number of aliphatic hydroxyl groups is 1. The lowest BCUT2D eigenvalue weighted by Crippen LogP contribution is -2.49. The van der Waals surface area contributed by atoms with E-state index in [1.807, 2.05) is 4.90 Å². The van der Waals surface area contributed by atoms with Crippen molar-refractivity contribution < 1.29 is 24.5 Å².